The van der Waals surface area contributed by atoms with Gasteiger partial charge in [0.25, 0.3) is 0 Å². The molecule has 19 heavy (non-hydrogen) atoms. The van der Waals surface area contributed by atoms with Gasteiger partial charge in [0.15, 0.2) is 0 Å². The zero-order chi connectivity index (χ0) is 13.1. The SMILES string of the molecule is Clc1ccc(N=NC2CNc3ccccc3C2)cc1. The minimum atomic E-state index is 0.186. The molecule has 0 fully saturated rings. The molecule has 96 valence electrons. The highest BCUT2D eigenvalue weighted by Crippen LogP contribution is 2.24. The molecule has 0 amide bonds. The van der Waals surface area contributed by atoms with Crippen molar-refractivity contribution in [3.8, 4) is 0 Å². The molecule has 1 aliphatic rings. The molecular weight excluding hydrogens is 258 g/mol. The van der Waals surface area contributed by atoms with Crippen LogP contribution < -0.4 is 5.32 Å². The maximum absolute atomic E-state index is 5.83. The van der Waals surface area contributed by atoms with E-state index in [1.165, 1.54) is 11.3 Å². The van der Waals surface area contributed by atoms with E-state index in [0.717, 1.165) is 18.7 Å². The Morgan fingerprint density at radius 1 is 1.05 bits per heavy atom. The van der Waals surface area contributed by atoms with Gasteiger partial charge >= 0.3 is 0 Å². The average molecular weight is 272 g/mol. The van der Waals surface area contributed by atoms with Crippen molar-refractivity contribution in [3.05, 3.63) is 59.1 Å². The largest absolute Gasteiger partial charge is 0.383 e. The van der Waals surface area contributed by atoms with Crippen molar-refractivity contribution >= 4 is 23.0 Å². The third-order valence-electron chi connectivity index (χ3n) is 3.16. The van der Waals surface area contributed by atoms with Crippen LogP contribution in [-0.2, 0) is 6.42 Å². The standard InChI is InChI=1S/C15H14ClN3/c16-12-5-7-13(8-6-12)18-19-14-9-11-3-1-2-4-15(11)17-10-14/h1-8,14,17H,9-10H2. The first-order chi connectivity index (χ1) is 9.31. The number of benzene rings is 2. The molecule has 0 bridgehead atoms. The van der Waals surface area contributed by atoms with E-state index < -0.39 is 0 Å². The second kappa shape index (κ2) is 5.41. The predicted octanol–water partition coefficient (Wildman–Crippen LogP) is 4.46. The Hall–Kier alpha value is -1.87. The van der Waals surface area contributed by atoms with E-state index in [2.05, 4.69) is 33.7 Å². The summed E-state index contributed by atoms with van der Waals surface area (Å²) in [5, 5.41) is 12.8. The number of para-hydroxylation sites is 1. The zero-order valence-electron chi connectivity index (χ0n) is 10.4. The fourth-order valence-corrected chi connectivity index (χ4v) is 2.29. The Labute approximate surface area is 117 Å². The number of nitrogens with one attached hydrogen (secondary N) is 1. The van der Waals surface area contributed by atoms with E-state index in [1.54, 1.807) is 0 Å². The first-order valence-electron chi connectivity index (χ1n) is 6.29. The van der Waals surface area contributed by atoms with Crippen LogP contribution in [0.2, 0.25) is 5.02 Å². The third kappa shape index (κ3) is 2.93. The molecule has 1 N–H and O–H groups in total. The molecule has 4 heteroatoms. The van der Waals surface area contributed by atoms with Gasteiger partial charge in [0.2, 0.25) is 0 Å². The molecular formula is C15H14ClN3. The fourth-order valence-electron chi connectivity index (χ4n) is 2.16. The normalized spacial score (nSPS) is 18.1. The molecule has 0 radical (unpaired) electrons. The van der Waals surface area contributed by atoms with Crippen LogP contribution in [0, 0.1) is 0 Å². The first kappa shape index (κ1) is 12.2. The average Bonchev–Trinajstić information content (AvgIpc) is 2.46. The molecule has 3 rings (SSSR count). The van der Waals surface area contributed by atoms with Crippen molar-refractivity contribution in [3.63, 3.8) is 0 Å². The molecule has 2 aromatic carbocycles. The van der Waals surface area contributed by atoms with Crippen LogP contribution in [0.15, 0.2) is 58.8 Å². The van der Waals surface area contributed by atoms with Crippen molar-refractivity contribution in [2.75, 3.05) is 11.9 Å². The third-order valence-corrected chi connectivity index (χ3v) is 3.42. The van der Waals surface area contributed by atoms with E-state index in [9.17, 15) is 0 Å². The minimum absolute atomic E-state index is 0.186. The topological polar surface area (TPSA) is 36.8 Å². The summed E-state index contributed by atoms with van der Waals surface area (Å²) in [4.78, 5) is 0. The molecule has 0 saturated carbocycles. The summed E-state index contributed by atoms with van der Waals surface area (Å²) in [7, 11) is 0. The number of rotatable bonds is 2. The van der Waals surface area contributed by atoms with Gasteiger partial charge in [-0.3, -0.25) is 0 Å². The highest BCUT2D eigenvalue weighted by Gasteiger charge is 2.16. The zero-order valence-corrected chi connectivity index (χ0v) is 11.1. The van der Waals surface area contributed by atoms with E-state index in [0.29, 0.717) is 5.02 Å². The Balaban J connectivity index is 1.70. The van der Waals surface area contributed by atoms with Gasteiger partial charge in [-0.05, 0) is 35.9 Å². The highest BCUT2D eigenvalue weighted by molar-refractivity contribution is 6.30. The highest BCUT2D eigenvalue weighted by atomic mass is 35.5. The van der Waals surface area contributed by atoms with Crippen LogP contribution in [0.1, 0.15) is 5.56 Å². The van der Waals surface area contributed by atoms with E-state index in [1.807, 2.05) is 30.3 Å². The molecule has 0 saturated heterocycles. The number of hydrogen-bond donors (Lipinski definition) is 1. The summed E-state index contributed by atoms with van der Waals surface area (Å²) in [5.41, 5.74) is 3.34. The predicted molar refractivity (Wildman–Crippen MR) is 78.4 cm³/mol. The first-order valence-corrected chi connectivity index (χ1v) is 6.67. The molecule has 1 aliphatic heterocycles. The lowest BCUT2D eigenvalue weighted by Crippen LogP contribution is -2.25. The van der Waals surface area contributed by atoms with Crippen LogP contribution in [0.25, 0.3) is 0 Å². The Kier molecular flexibility index (Phi) is 3.47. The second-order valence-corrected chi connectivity index (χ2v) is 5.02. The summed E-state index contributed by atoms with van der Waals surface area (Å²) in [6, 6.07) is 15.9. The van der Waals surface area contributed by atoms with E-state index >= 15 is 0 Å². The van der Waals surface area contributed by atoms with Crippen molar-refractivity contribution in [1.29, 1.82) is 0 Å². The lowest BCUT2D eigenvalue weighted by molar-refractivity contribution is 0.650. The minimum Gasteiger partial charge on any atom is -0.383 e. The summed E-state index contributed by atoms with van der Waals surface area (Å²) in [6.07, 6.45) is 0.931. The van der Waals surface area contributed by atoms with Crippen LogP contribution in [0.5, 0.6) is 0 Å². The summed E-state index contributed by atoms with van der Waals surface area (Å²) < 4.78 is 0. The lowest BCUT2D eigenvalue weighted by atomic mass is 10.0. The Bertz CT molecular complexity index is 593. The molecule has 0 spiro atoms. The Morgan fingerprint density at radius 3 is 2.68 bits per heavy atom. The van der Waals surface area contributed by atoms with Crippen molar-refractivity contribution in [2.24, 2.45) is 10.2 Å². The van der Waals surface area contributed by atoms with E-state index in [4.69, 9.17) is 11.6 Å². The van der Waals surface area contributed by atoms with E-state index in [-0.39, 0.29) is 6.04 Å². The summed E-state index contributed by atoms with van der Waals surface area (Å²) >= 11 is 5.83. The summed E-state index contributed by atoms with van der Waals surface area (Å²) in [5.74, 6) is 0. The van der Waals surface area contributed by atoms with Crippen molar-refractivity contribution < 1.29 is 0 Å². The number of anilines is 1. The number of fused-ring (bicyclic) bond motifs is 1. The molecule has 0 aromatic heterocycles. The molecule has 3 nitrogen and oxygen atoms in total. The molecule has 1 heterocycles. The Morgan fingerprint density at radius 2 is 1.84 bits per heavy atom. The fraction of sp³-hybridized carbons (Fsp3) is 0.200. The quantitative estimate of drug-likeness (QED) is 0.805. The van der Waals surface area contributed by atoms with Gasteiger partial charge in [-0.1, -0.05) is 29.8 Å². The number of hydrogen-bond acceptors (Lipinski definition) is 3. The smallest absolute Gasteiger partial charge is 0.0925 e. The molecule has 0 aliphatic carbocycles. The van der Waals surface area contributed by atoms with Crippen molar-refractivity contribution in [1.82, 2.24) is 0 Å². The van der Waals surface area contributed by atoms with Crippen LogP contribution in [0.4, 0.5) is 11.4 Å². The van der Waals surface area contributed by atoms with Crippen LogP contribution >= 0.6 is 11.6 Å². The maximum Gasteiger partial charge on any atom is 0.0925 e. The molecule has 2 aromatic rings. The molecule has 1 unspecified atom stereocenters. The van der Waals surface area contributed by atoms with Crippen LogP contribution in [-0.4, -0.2) is 12.6 Å². The van der Waals surface area contributed by atoms with Crippen LogP contribution in [0.3, 0.4) is 0 Å². The number of nitrogens with zero attached hydrogens (tertiary/aromatic N) is 2. The second-order valence-electron chi connectivity index (χ2n) is 4.59. The van der Waals surface area contributed by atoms with Crippen molar-refractivity contribution in [2.45, 2.75) is 12.5 Å². The summed E-state index contributed by atoms with van der Waals surface area (Å²) in [6.45, 7) is 0.827. The molecule has 1 atom stereocenters. The monoisotopic (exact) mass is 271 g/mol. The maximum atomic E-state index is 5.83. The van der Waals surface area contributed by atoms with Gasteiger partial charge in [0.1, 0.15) is 0 Å². The van der Waals surface area contributed by atoms with Gasteiger partial charge in [-0.25, -0.2) is 0 Å². The number of azo groups is 1. The van der Waals surface area contributed by atoms with Gasteiger partial charge in [-0.15, -0.1) is 0 Å². The number of halogens is 1. The van der Waals surface area contributed by atoms with Gasteiger partial charge < -0.3 is 5.32 Å². The lowest BCUT2D eigenvalue weighted by Gasteiger charge is -2.22. The van der Waals surface area contributed by atoms with Gasteiger partial charge in [-0.2, -0.15) is 10.2 Å². The van der Waals surface area contributed by atoms with Gasteiger partial charge in [0.05, 0.1) is 11.7 Å². The van der Waals surface area contributed by atoms with Gasteiger partial charge in [0, 0.05) is 23.7 Å².